The Morgan fingerprint density at radius 1 is 1.28 bits per heavy atom. The van der Waals surface area contributed by atoms with Gasteiger partial charge in [-0.25, -0.2) is 4.39 Å². The third-order valence-corrected chi connectivity index (χ3v) is 4.49. The molecular weight excluding hydrogens is 339 g/mol. The van der Waals surface area contributed by atoms with E-state index in [0.717, 1.165) is 8.66 Å². The molecular formula is C13H11BrClFOS. The minimum Gasteiger partial charge on any atom is -0.392 e. The van der Waals surface area contributed by atoms with E-state index in [1.807, 2.05) is 12.1 Å². The van der Waals surface area contributed by atoms with Crippen molar-refractivity contribution < 1.29 is 9.50 Å². The molecule has 5 heteroatoms. The fourth-order valence-electron chi connectivity index (χ4n) is 1.73. The van der Waals surface area contributed by atoms with Crippen LogP contribution in [0.2, 0.25) is 5.02 Å². The van der Waals surface area contributed by atoms with Gasteiger partial charge < -0.3 is 5.11 Å². The lowest BCUT2D eigenvalue weighted by molar-refractivity contribution is 0.175. The molecule has 0 aliphatic rings. The van der Waals surface area contributed by atoms with E-state index in [4.69, 9.17) is 11.6 Å². The molecule has 0 bridgehead atoms. The van der Waals surface area contributed by atoms with Crippen molar-refractivity contribution in [2.24, 2.45) is 0 Å². The quantitative estimate of drug-likeness (QED) is 0.864. The highest BCUT2D eigenvalue weighted by atomic mass is 79.9. The van der Waals surface area contributed by atoms with Crippen LogP contribution in [0, 0.1) is 5.82 Å². The largest absolute Gasteiger partial charge is 0.392 e. The zero-order valence-corrected chi connectivity index (χ0v) is 12.5. The van der Waals surface area contributed by atoms with Gasteiger partial charge in [0.05, 0.1) is 14.9 Å². The maximum absolute atomic E-state index is 13.7. The first kappa shape index (κ1) is 14.0. The van der Waals surface area contributed by atoms with Crippen molar-refractivity contribution in [1.29, 1.82) is 0 Å². The van der Waals surface area contributed by atoms with Crippen LogP contribution in [0.15, 0.2) is 34.1 Å². The number of benzene rings is 1. The summed E-state index contributed by atoms with van der Waals surface area (Å²) >= 11 is 10.6. The SMILES string of the molecule is OC(Cc1ccc(Br)s1)Cc1cccc(Cl)c1F. The van der Waals surface area contributed by atoms with Gasteiger partial charge in [0.15, 0.2) is 0 Å². The maximum atomic E-state index is 13.7. The second-order valence-corrected chi connectivity index (χ2v) is 6.94. The Hall–Kier alpha value is -0.420. The standard InChI is InChI=1S/C13H11BrClFOS/c14-12-5-4-10(18-12)7-9(17)6-8-2-1-3-11(15)13(8)16/h1-5,9,17H,6-7H2. The molecule has 1 aromatic heterocycles. The molecule has 1 atom stereocenters. The van der Waals surface area contributed by atoms with Crippen LogP contribution in [0.3, 0.4) is 0 Å². The Morgan fingerprint density at radius 2 is 2.06 bits per heavy atom. The van der Waals surface area contributed by atoms with Gasteiger partial charge in [-0.1, -0.05) is 23.7 Å². The number of hydrogen-bond donors (Lipinski definition) is 1. The zero-order chi connectivity index (χ0) is 13.1. The highest BCUT2D eigenvalue weighted by molar-refractivity contribution is 9.11. The van der Waals surface area contributed by atoms with Crippen molar-refractivity contribution in [1.82, 2.24) is 0 Å². The highest BCUT2D eigenvalue weighted by Gasteiger charge is 2.13. The van der Waals surface area contributed by atoms with E-state index >= 15 is 0 Å². The second-order valence-electron chi connectivity index (χ2n) is 3.98. The van der Waals surface area contributed by atoms with Gasteiger partial charge in [0.2, 0.25) is 0 Å². The molecule has 0 radical (unpaired) electrons. The normalized spacial score (nSPS) is 12.7. The van der Waals surface area contributed by atoms with Crippen molar-refractivity contribution in [2.75, 3.05) is 0 Å². The fraction of sp³-hybridized carbons (Fsp3) is 0.231. The smallest absolute Gasteiger partial charge is 0.145 e. The van der Waals surface area contributed by atoms with Crippen LogP contribution in [0.4, 0.5) is 4.39 Å². The van der Waals surface area contributed by atoms with Crippen molar-refractivity contribution in [3.05, 3.63) is 55.4 Å². The molecule has 0 saturated heterocycles. The molecule has 1 heterocycles. The van der Waals surface area contributed by atoms with E-state index in [9.17, 15) is 9.50 Å². The predicted molar refractivity (Wildman–Crippen MR) is 76.8 cm³/mol. The number of aliphatic hydroxyl groups is 1. The zero-order valence-electron chi connectivity index (χ0n) is 9.37. The van der Waals surface area contributed by atoms with Gasteiger partial charge in [-0.3, -0.25) is 0 Å². The molecule has 0 aliphatic carbocycles. The summed E-state index contributed by atoms with van der Waals surface area (Å²) in [4.78, 5) is 1.07. The van der Waals surface area contributed by atoms with Crippen LogP contribution in [0.1, 0.15) is 10.4 Å². The molecule has 0 spiro atoms. The Labute approximate surface area is 122 Å². The number of hydrogen-bond acceptors (Lipinski definition) is 2. The number of halogens is 3. The van der Waals surface area contributed by atoms with Gasteiger partial charge in [0.25, 0.3) is 0 Å². The Morgan fingerprint density at radius 3 is 2.72 bits per heavy atom. The summed E-state index contributed by atoms with van der Waals surface area (Å²) in [5, 5.41) is 10.1. The van der Waals surface area contributed by atoms with Crippen molar-refractivity contribution in [3.8, 4) is 0 Å². The highest BCUT2D eigenvalue weighted by Crippen LogP contribution is 2.24. The minimum absolute atomic E-state index is 0.0959. The molecule has 18 heavy (non-hydrogen) atoms. The summed E-state index contributed by atoms with van der Waals surface area (Å²) in [6, 6.07) is 8.73. The predicted octanol–water partition coefficient (Wildman–Crippen LogP) is 4.45. The topological polar surface area (TPSA) is 20.2 Å². The molecule has 0 saturated carbocycles. The molecule has 2 aromatic rings. The van der Waals surface area contributed by atoms with Crippen molar-refractivity contribution >= 4 is 38.9 Å². The van der Waals surface area contributed by atoms with Crippen LogP contribution in [-0.2, 0) is 12.8 Å². The summed E-state index contributed by atoms with van der Waals surface area (Å²) in [6.07, 6.45) is 0.174. The van der Waals surface area contributed by atoms with Crippen molar-refractivity contribution in [2.45, 2.75) is 18.9 Å². The van der Waals surface area contributed by atoms with Crippen LogP contribution < -0.4 is 0 Å². The van der Waals surface area contributed by atoms with Gasteiger partial charge in [0, 0.05) is 17.7 Å². The lowest BCUT2D eigenvalue weighted by atomic mass is 10.0. The van der Waals surface area contributed by atoms with E-state index in [-0.39, 0.29) is 11.4 Å². The number of rotatable bonds is 4. The van der Waals surface area contributed by atoms with Gasteiger partial charge in [-0.05, 0) is 39.7 Å². The van der Waals surface area contributed by atoms with E-state index in [2.05, 4.69) is 15.9 Å². The monoisotopic (exact) mass is 348 g/mol. The first-order chi connectivity index (χ1) is 8.56. The minimum atomic E-state index is -0.608. The molecule has 0 fully saturated rings. The summed E-state index contributed by atoms with van der Waals surface area (Å²) in [7, 11) is 0. The summed E-state index contributed by atoms with van der Waals surface area (Å²) in [5.74, 6) is -0.439. The Balaban J connectivity index is 2.03. The van der Waals surface area contributed by atoms with Crippen molar-refractivity contribution in [3.63, 3.8) is 0 Å². The lowest BCUT2D eigenvalue weighted by Crippen LogP contribution is -2.14. The molecule has 0 amide bonds. The van der Waals surface area contributed by atoms with Crippen LogP contribution in [-0.4, -0.2) is 11.2 Å². The number of thiophene rings is 1. The van der Waals surface area contributed by atoms with Gasteiger partial charge in [0.1, 0.15) is 5.82 Å². The lowest BCUT2D eigenvalue weighted by Gasteiger charge is -2.10. The molecule has 0 aliphatic heterocycles. The third kappa shape index (κ3) is 3.54. The fourth-order valence-corrected chi connectivity index (χ4v) is 3.47. The number of aliphatic hydroxyl groups excluding tert-OH is 1. The second kappa shape index (κ2) is 6.15. The molecule has 96 valence electrons. The third-order valence-electron chi connectivity index (χ3n) is 2.55. The summed E-state index contributed by atoms with van der Waals surface area (Å²) in [6.45, 7) is 0. The van der Waals surface area contributed by atoms with Crippen LogP contribution in [0.5, 0.6) is 0 Å². The first-order valence-corrected chi connectivity index (χ1v) is 7.40. The molecule has 1 N–H and O–H groups in total. The maximum Gasteiger partial charge on any atom is 0.145 e. The van der Waals surface area contributed by atoms with E-state index in [1.165, 1.54) is 6.07 Å². The average Bonchev–Trinajstić information content (AvgIpc) is 2.70. The van der Waals surface area contributed by atoms with Gasteiger partial charge in [-0.15, -0.1) is 11.3 Å². The molecule has 1 nitrogen and oxygen atoms in total. The molecule has 2 rings (SSSR count). The van der Waals surface area contributed by atoms with E-state index in [0.29, 0.717) is 12.0 Å². The molecule has 1 aromatic carbocycles. The van der Waals surface area contributed by atoms with E-state index < -0.39 is 11.9 Å². The molecule has 1 unspecified atom stereocenters. The van der Waals surface area contributed by atoms with Crippen LogP contribution in [0.25, 0.3) is 0 Å². The summed E-state index contributed by atoms with van der Waals surface area (Å²) < 4.78 is 14.7. The van der Waals surface area contributed by atoms with Gasteiger partial charge in [-0.2, -0.15) is 0 Å². The van der Waals surface area contributed by atoms with Gasteiger partial charge >= 0.3 is 0 Å². The van der Waals surface area contributed by atoms with E-state index in [1.54, 1.807) is 23.5 Å². The first-order valence-electron chi connectivity index (χ1n) is 5.41. The average molecular weight is 350 g/mol. The Bertz CT molecular complexity index is 544. The summed E-state index contributed by atoms with van der Waals surface area (Å²) in [5.41, 5.74) is 0.450. The van der Waals surface area contributed by atoms with Crippen LogP contribution >= 0.6 is 38.9 Å². The Kier molecular flexibility index (Phi) is 4.78.